The molecule has 0 unspecified atom stereocenters. The lowest BCUT2D eigenvalue weighted by Crippen LogP contribution is -2.30. The van der Waals surface area contributed by atoms with Gasteiger partial charge in [0.25, 0.3) is 10.0 Å². The molecule has 1 aliphatic rings. The lowest BCUT2D eigenvalue weighted by molar-refractivity contribution is -0.111. The molecule has 0 aliphatic carbocycles. The number of sulfonamides is 1. The van der Waals surface area contributed by atoms with Gasteiger partial charge in [-0.3, -0.25) is 14.5 Å². The van der Waals surface area contributed by atoms with Gasteiger partial charge >= 0.3 is 0 Å². The Morgan fingerprint density at radius 2 is 1.90 bits per heavy atom. The van der Waals surface area contributed by atoms with Gasteiger partial charge in [0.05, 0.1) is 4.90 Å². The van der Waals surface area contributed by atoms with Gasteiger partial charge in [-0.2, -0.15) is 0 Å². The minimum atomic E-state index is -3.79. The van der Waals surface area contributed by atoms with E-state index in [2.05, 4.69) is 15.0 Å². The standard InChI is InChI=1S/C21H22FN3O3S/c22-19-10-4-3-7-16(19)12-13-21(26)24-17-8-6-9-18(15-17)29(27,28)25-20-11-2-1-5-14-23-20/h3-4,6-10,12-13,15H,1-2,5,11,14H2,(H,23,25)(H,24,26)/b13-12+. The average Bonchev–Trinajstić information content (AvgIpc) is 2.96. The largest absolute Gasteiger partial charge is 0.322 e. The number of carbonyl (C=O) groups is 1. The van der Waals surface area contributed by atoms with E-state index in [1.54, 1.807) is 30.3 Å². The molecule has 2 N–H and O–H groups in total. The molecule has 3 rings (SSSR count). The van der Waals surface area contributed by atoms with Crippen LogP contribution >= 0.6 is 0 Å². The third-order valence-electron chi connectivity index (χ3n) is 4.36. The molecule has 29 heavy (non-hydrogen) atoms. The Bertz CT molecular complexity index is 1050. The molecule has 2 aromatic rings. The first-order valence-corrected chi connectivity index (χ1v) is 10.8. The van der Waals surface area contributed by atoms with Crippen LogP contribution < -0.4 is 10.0 Å². The van der Waals surface area contributed by atoms with Crippen LogP contribution in [0.5, 0.6) is 0 Å². The van der Waals surface area contributed by atoms with Crippen molar-refractivity contribution >= 4 is 33.5 Å². The van der Waals surface area contributed by atoms with Crippen LogP contribution in [-0.2, 0) is 14.8 Å². The van der Waals surface area contributed by atoms with Crippen molar-refractivity contribution in [3.63, 3.8) is 0 Å². The second-order valence-electron chi connectivity index (χ2n) is 6.62. The van der Waals surface area contributed by atoms with Crippen molar-refractivity contribution in [2.75, 3.05) is 11.9 Å². The normalized spacial score (nSPS) is 14.9. The lowest BCUT2D eigenvalue weighted by atomic mass is 10.2. The molecule has 152 valence electrons. The van der Waals surface area contributed by atoms with Gasteiger partial charge in [0, 0.05) is 30.3 Å². The Morgan fingerprint density at radius 3 is 2.72 bits per heavy atom. The summed E-state index contributed by atoms with van der Waals surface area (Å²) in [4.78, 5) is 16.4. The molecule has 0 radical (unpaired) electrons. The minimum Gasteiger partial charge on any atom is -0.322 e. The van der Waals surface area contributed by atoms with E-state index in [1.807, 2.05) is 0 Å². The molecular formula is C21H22FN3O3S. The van der Waals surface area contributed by atoms with E-state index in [1.165, 1.54) is 30.4 Å². The predicted octanol–water partition coefficient (Wildman–Crippen LogP) is 3.73. The highest BCUT2D eigenvalue weighted by Crippen LogP contribution is 2.17. The first-order valence-electron chi connectivity index (χ1n) is 9.34. The highest BCUT2D eigenvalue weighted by molar-refractivity contribution is 7.90. The first kappa shape index (κ1) is 20.7. The van der Waals surface area contributed by atoms with Crippen molar-refractivity contribution in [3.05, 3.63) is 66.0 Å². The van der Waals surface area contributed by atoms with E-state index in [-0.39, 0.29) is 10.5 Å². The fourth-order valence-corrected chi connectivity index (χ4v) is 4.01. The van der Waals surface area contributed by atoms with E-state index in [0.717, 1.165) is 19.3 Å². The number of carbonyl (C=O) groups excluding carboxylic acids is 1. The molecule has 8 heteroatoms. The molecule has 0 bridgehead atoms. The van der Waals surface area contributed by atoms with Crippen LogP contribution in [0.25, 0.3) is 6.08 Å². The minimum absolute atomic E-state index is 0.0281. The number of amides is 1. The van der Waals surface area contributed by atoms with E-state index in [4.69, 9.17) is 0 Å². The van der Waals surface area contributed by atoms with Gasteiger partial charge < -0.3 is 5.32 Å². The smallest absolute Gasteiger partial charge is 0.262 e. The second kappa shape index (κ2) is 9.47. The van der Waals surface area contributed by atoms with Gasteiger partial charge in [0.15, 0.2) is 0 Å². The van der Waals surface area contributed by atoms with E-state index in [9.17, 15) is 17.6 Å². The van der Waals surface area contributed by atoms with E-state index < -0.39 is 21.7 Å². The molecule has 0 aromatic heterocycles. The third-order valence-corrected chi connectivity index (χ3v) is 5.74. The summed E-state index contributed by atoms with van der Waals surface area (Å²) in [6.45, 7) is 0.613. The number of benzene rings is 2. The zero-order chi connectivity index (χ0) is 20.7. The second-order valence-corrected chi connectivity index (χ2v) is 8.30. The third kappa shape index (κ3) is 5.99. The monoisotopic (exact) mass is 415 g/mol. The molecule has 0 fully saturated rings. The number of nitrogens with one attached hydrogen (secondary N) is 2. The highest BCUT2D eigenvalue weighted by Gasteiger charge is 2.17. The van der Waals surface area contributed by atoms with Crippen LogP contribution in [0.4, 0.5) is 10.1 Å². The van der Waals surface area contributed by atoms with Gasteiger partial charge in [-0.05, 0) is 43.2 Å². The maximum absolute atomic E-state index is 13.6. The molecule has 0 saturated heterocycles. The first-order chi connectivity index (χ1) is 13.9. The fourth-order valence-electron chi connectivity index (χ4n) is 2.87. The van der Waals surface area contributed by atoms with Gasteiger partial charge in [-0.15, -0.1) is 0 Å². The van der Waals surface area contributed by atoms with Crippen molar-refractivity contribution in [1.82, 2.24) is 4.72 Å². The van der Waals surface area contributed by atoms with Crippen LogP contribution in [0.1, 0.15) is 31.2 Å². The van der Waals surface area contributed by atoms with Crippen LogP contribution in [0.15, 0.2) is 64.5 Å². The molecule has 1 amide bonds. The maximum Gasteiger partial charge on any atom is 0.262 e. The lowest BCUT2D eigenvalue weighted by Gasteiger charge is -2.11. The summed E-state index contributed by atoms with van der Waals surface area (Å²) in [5, 5.41) is 2.59. The number of anilines is 1. The fraction of sp³-hybridized carbons (Fsp3) is 0.238. The molecular weight excluding hydrogens is 393 g/mol. The summed E-state index contributed by atoms with van der Waals surface area (Å²) in [6.07, 6.45) is 6.02. The number of hydrogen-bond acceptors (Lipinski definition) is 4. The highest BCUT2D eigenvalue weighted by atomic mass is 32.2. The van der Waals surface area contributed by atoms with Crippen LogP contribution in [0, 0.1) is 5.82 Å². The number of hydrogen-bond donors (Lipinski definition) is 2. The molecule has 1 heterocycles. The summed E-state index contributed by atoms with van der Waals surface area (Å²) in [5.41, 5.74) is 0.603. The van der Waals surface area contributed by atoms with Gasteiger partial charge in [0.1, 0.15) is 11.7 Å². The quantitative estimate of drug-likeness (QED) is 0.730. The summed E-state index contributed by atoms with van der Waals surface area (Å²) < 4.78 is 41.4. The predicted molar refractivity (Wildman–Crippen MR) is 112 cm³/mol. The van der Waals surface area contributed by atoms with Crippen molar-refractivity contribution < 1.29 is 17.6 Å². The van der Waals surface area contributed by atoms with Crippen molar-refractivity contribution in [1.29, 1.82) is 0 Å². The summed E-state index contributed by atoms with van der Waals surface area (Å²) >= 11 is 0. The number of aliphatic imine (C=N–C) groups is 1. The summed E-state index contributed by atoms with van der Waals surface area (Å²) in [5.74, 6) is -0.467. The summed E-state index contributed by atoms with van der Waals surface area (Å²) in [6, 6.07) is 12.0. The van der Waals surface area contributed by atoms with Gasteiger partial charge in [-0.25, -0.2) is 12.8 Å². The zero-order valence-corrected chi connectivity index (χ0v) is 16.6. The van der Waals surface area contributed by atoms with Crippen molar-refractivity contribution in [3.8, 4) is 0 Å². The van der Waals surface area contributed by atoms with Crippen LogP contribution in [-0.4, -0.2) is 26.7 Å². The molecule has 1 aliphatic heterocycles. The number of nitrogens with zero attached hydrogens (tertiary/aromatic N) is 1. The Kier molecular flexibility index (Phi) is 6.77. The van der Waals surface area contributed by atoms with E-state index in [0.29, 0.717) is 24.5 Å². The SMILES string of the molecule is O=C(/C=C/c1ccccc1F)Nc1cccc(S(=O)(=O)NC2=NCCCCC2)c1. The molecule has 0 saturated carbocycles. The molecule has 2 aromatic carbocycles. The van der Waals surface area contributed by atoms with Crippen molar-refractivity contribution in [2.24, 2.45) is 4.99 Å². The zero-order valence-electron chi connectivity index (χ0n) is 15.8. The Hall–Kier alpha value is -3.00. The molecule has 6 nitrogen and oxygen atoms in total. The maximum atomic E-state index is 13.6. The number of halogens is 1. The van der Waals surface area contributed by atoms with Crippen molar-refractivity contribution in [2.45, 2.75) is 30.6 Å². The molecule has 0 spiro atoms. The molecule has 0 atom stereocenters. The van der Waals surface area contributed by atoms with Gasteiger partial charge in [-0.1, -0.05) is 30.7 Å². The van der Waals surface area contributed by atoms with Crippen LogP contribution in [0.3, 0.4) is 0 Å². The Balaban J connectivity index is 1.69. The van der Waals surface area contributed by atoms with E-state index >= 15 is 0 Å². The summed E-state index contributed by atoms with van der Waals surface area (Å²) in [7, 11) is -3.79. The van der Waals surface area contributed by atoms with Crippen LogP contribution in [0.2, 0.25) is 0 Å². The number of amidine groups is 1. The Labute approximate surface area is 169 Å². The Morgan fingerprint density at radius 1 is 1.07 bits per heavy atom. The number of rotatable bonds is 5. The van der Waals surface area contributed by atoms with Gasteiger partial charge in [0.2, 0.25) is 5.91 Å². The topological polar surface area (TPSA) is 87.6 Å². The average molecular weight is 415 g/mol.